The third kappa shape index (κ3) is 2.64. The van der Waals surface area contributed by atoms with Crippen LogP contribution in [0, 0.1) is 17.8 Å². The van der Waals surface area contributed by atoms with Crippen LogP contribution in [0.3, 0.4) is 0 Å². The van der Waals surface area contributed by atoms with Gasteiger partial charge >= 0.3 is 0 Å². The molecule has 0 aromatic rings. The van der Waals surface area contributed by atoms with Crippen LogP contribution in [0.1, 0.15) is 25.7 Å². The highest BCUT2D eigenvalue weighted by molar-refractivity contribution is 5.85. The Balaban J connectivity index is 0.00000112. The summed E-state index contributed by atoms with van der Waals surface area (Å²) < 4.78 is 0. The Morgan fingerprint density at radius 3 is 2.53 bits per heavy atom. The predicted molar refractivity (Wildman–Crippen MR) is 63.1 cm³/mol. The Kier molecular flexibility index (Phi) is 4.87. The Morgan fingerprint density at radius 1 is 1.27 bits per heavy atom. The number of halogens is 1. The van der Waals surface area contributed by atoms with E-state index in [2.05, 4.69) is 10.6 Å². The fourth-order valence-electron chi connectivity index (χ4n) is 3.05. The molecule has 1 aliphatic carbocycles. The summed E-state index contributed by atoms with van der Waals surface area (Å²) in [6.07, 6.45) is 5.39. The van der Waals surface area contributed by atoms with E-state index in [0.717, 1.165) is 19.0 Å². The molecular weight excluding hydrogens is 212 g/mol. The average Bonchev–Trinajstić information content (AvgIpc) is 2.85. The van der Waals surface area contributed by atoms with Crippen LogP contribution in [0.5, 0.6) is 0 Å². The molecule has 4 heteroatoms. The first-order valence-corrected chi connectivity index (χ1v) is 5.75. The van der Waals surface area contributed by atoms with Crippen molar-refractivity contribution in [2.45, 2.75) is 25.7 Å². The quantitative estimate of drug-likeness (QED) is 0.751. The fraction of sp³-hybridized carbons (Fsp3) is 0.909. The van der Waals surface area contributed by atoms with Crippen molar-refractivity contribution in [1.82, 2.24) is 10.6 Å². The average molecular weight is 233 g/mol. The molecule has 2 atom stereocenters. The van der Waals surface area contributed by atoms with Crippen molar-refractivity contribution in [3.8, 4) is 0 Å². The Hall–Kier alpha value is -0.280. The number of hydrogen-bond acceptors (Lipinski definition) is 2. The van der Waals surface area contributed by atoms with Crippen molar-refractivity contribution >= 4 is 18.3 Å². The van der Waals surface area contributed by atoms with Gasteiger partial charge in [-0.25, -0.2) is 0 Å². The molecule has 0 bridgehead atoms. The van der Waals surface area contributed by atoms with Gasteiger partial charge in [0.15, 0.2) is 0 Å². The molecule has 2 fully saturated rings. The van der Waals surface area contributed by atoms with Crippen LogP contribution in [0.15, 0.2) is 0 Å². The minimum atomic E-state index is 0. The summed E-state index contributed by atoms with van der Waals surface area (Å²) in [5, 5.41) is 6.14. The van der Waals surface area contributed by atoms with Gasteiger partial charge in [0, 0.05) is 13.6 Å². The fourth-order valence-corrected chi connectivity index (χ4v) is 3.05. The van der Waals surface area contributed by atoms with Crippen LogP contribution in [-0.2, 0) is 4.79 Å². The SMILES string of the molecule is CNC(=O)[C@H]1CNC[C@@H]1C1CCCC1.Cl. The molecule has 1 saturated carbocycles. The van der Waals surface area contributed by atoms with Crippen LogP contribution < -0.4 is 10.6 Å². The van der Waals surface area contributed by atoms with Gasteiger partial charge in [-0.3, -0.25) is 4.79 Å². The van der Waals surface area contributed by atoms with E-state index in [-0.39, 0.29) is 24.2 Å². The van der Waals surface area contributed by atoms with Gasteiger partial charge in [0.2, 0.25) is 5.91 Å². The molecule has 0 unspecified atom stereocenters. The van der Waals surface area contributed by atoms with E-state index in [1.54, 1.807) is 7.05 Å². The van der Waals surface area contributed by atoms with Gasteiger partial charge in [-0.05, 0) is 18.4 Å². The minimum absolute atomic E-state index is 0. The maximum atomic E-state index is 11.6. The van der Waals surface area contributed by atoms with Gasteiger partial charge in [-0.1, -0.05) is 25.7 Å². The minimum Gasteiger partial charge on any atom is -0.359 e. The molecular formula is C11H21ClN2O. The molecule has 0 spiro atoms. The highest BCUT2D eigenvalue weighted by atomic mass is 35.5. The zero-order valence-electron chi connectivity index (χ0n) is 9.29. The molecule has 2 rings (SSSR count). The number of amides is 1. The molecule has 0 aromatic carbocycles. The smallest absolute Gasteiger partial charge is 0.224 e. The first-order chi connectivity index (χ1) is 6.83. The van der Waals surface area contributed by atoms with E-state index in [9.17, 15) is 4.79 Å². The van der Waals surface area contributed by atoms with Gasteiger partial charge in [0.05, 0.1) is 5.92 Å². The predicted octanol–water partition coefficient (Wildman–Crippen LogP) is 1.18. The summed E-state index contributed by atoms with van der Waals surface area (Å²) in [5.74, 6) is 1.85. The molecule has 1 amide bonds. The maximum Gasteiger partial charge on any atom is 0.224 e. The summed E-state index contributed by atoms with van der Waals surface area (Å²) in [6.45, 7) is 1.92. The van der Waals surface area contributed by atoms with Crippen LogP contribution in [0.2, 0.25) is 0 Å². The molecule has 0 aromatic heterocycles. The summed E-state index contributed by atoms with van der Waals surface area (Å²) in [5.41, 5.74) is 0. The number of rotatable bonds is 2. The lowest BCUT2D eigenvalue weighted by Crippen LogP contribution is -2.34. The van der Waals surface area contributed by atoms with Gasteiger partial charge in [-0.15, -0.1) is 12.4 Å². The van der Waals surface area contributed by atoms with E-state index >= 15 is 0 Å². The standard InChI is InChI=1S/C11H20N2O.ClH/c1-12-11(14)10-7-13-6-9(10)8-4-2-3-5-8;/h8-10,13H,2-7H2,1H3,(H,12,14);1H/t9-,10+;/m1./s1. The van der Waals surface area contributed by atoms with E-state index < -0.39 is 0 Å². The summed E-state index contributed by atoms with van der Waals surface area (Å²) >= 11 is 0. The monoisotopic (exact) mass is 232 g/mol. The van der Waals surface area contributed by atoms with E-state index in [1.807, 2.05) is 0 Å². The van der Waals surface area contributed by atoms with Gasteiger partial charge in [0.25, 0.3) is 0 Å². The molecule has 3 nitrogen and oxygen atoms in total. The van der Waals surface area contributed by atoms with E-state index in [4.69, 9.17) is 0 Å². The second kappa shape index (κ2) is 5.71. The Bertz CT molecular complexity index is 217. The van der Waals surface area contributed by atoms with Crippen molar-refractivity contribution in [2.24, 2.45) is 17.8 Å². The van der Waals surface area contributed by atoms with Crippen molar-refractivity contribution in [3.63, 3.8) is 0 Å². The molecule has 2 aliphatic rings. The molecule has 88 valence electrons. The number of carbonyl (C=O) groups is 1. The topological polar surface area (TPSA) is 41.1 Å². The second-order valence-electron chi connectivity index (χ2n) is 4.59. The molecule has 1 heterocycles. The van der Waals surface area contributed by atoms with Crippen molar-refractivity contribution < 1.29 is 4.79 Å². The molecule has 1 aliphatic heterocycles. The molecule has 15 heavy (non-hydrogen) atoms. The van der Waals surface area contributed by atoms with Crippen LogP contribution in [0.4, 0.5) is 0 Å². The highest BCUT2D eigenvalue weighted by Gasteiger charge is 2.38. The molecule has 1 saturated heterocycles. The van der Waals surface area contributed by atoms with Crippen LogP contribution >= 0.6 is 12.4 Å². The normalized spacial score (nSPS) is 31.3. The van der Waals surface area contributed by atoms with Crippen LogP contribution in [0.25, 0.3) is 0 Å². The van der Waals surface area contributed by atoms with E-state index in [1.165, 1.54) is 25.7 Å². The number of hydrogen-bond donors (Lipinski definition) is 2. The third-order valence-electron chi connectivity index (χ3n) is 3.85. The highest BCUT2D eigenvalue weighted by Crippen LogP contribution is 2.36. The lowest BCUT2D eigenvalue weighted by Gasteiger charge is -2.22. The van der Waals surface area contributed by atoms with Crippen molar-refractivity contribution in [2.75, 3.05) is 20.1 Å². The molecule has 2 N–H and O–H groups in total. The summed E-state index contributed by atoms with van der Waals surface area (Å²) in [6, 6.07) is 0. The number of carbonyl (C=O) groups excluding carboxylic acids is 1. The second-order valence-corrected chi connectivity index (χ2v) is 4.59. The van der Waals surface area contributed by atoms with Crippen molar-refractivity contribution in [3.05, 3.63) is 0 Å². The Morgan fingerprint density at radius 2 is 1.93 bits per heavy atom. The lowest BCUT2D eigenvalue weighted by molar-refractivity contribution is -0.125. The zero-order chi connectivity index (χ0) is 9.97. The largest absolute Gasteiger partial charge is 0.359 e. The molecule has 0 radical (unpaired) electrons. The van der Waals surface area contributed by atoms with E-state index in [0.29, 0.717) is 5.92 Å². The first kappa shape index (κ1) is 12.8. The first-order valence-electron chi connectivity index (χ1n) is 5.75. The lowest BCUT2D eigenvalue weighted by atomic mass is 9.82. The Labute approximate surface area is 97.8 Å². The van der Waals surface area contributed by atoms with Gasteiger partial charge in [-0.2, -0.15) is 0 Å². The van der Waals surface area contributed by atoms with Crippen molar-refractivity contribution in [1.29, 1.82) is 0 Å². The van der Waals surface area contributed by atoms with Gasteiger partial charge in [0.1, 0.15) is 0 Å². The maximum absolute atomic E-state index is 11.6. The third-order valence-corrected chi connectivity index (χ3v) is 3.85. The van der Waals surface area contributed by atoms with Crippen LogP contribution in [-0.4, -0.2) is 26.0 Å². The van der Waals surface area contributed by atoms with Gasteiger partial charge < -0.3 is 10.6 Å². The summed E-state index contributed by atoms with van der Waals surface area (Å²) in [4.78, 5) is 11.6. The summed E-state index contributed by atoms with van der Waals surface area (Å²) in [7, 11) is 1.74. The number of nitrogens with one attached hydrogen (secondary N) is 2. The zero-order valence-corrected chi connectivity index (χ0v) is 10.1.